The number of rotatable bonds is 11. The fraction of sp³-hybridized carbons (Fsp3) is 0.286. The van der Waals surface area contributed by atoms with Crippen LogP contribution >= 0.6 is 11.6 Å². The molecule has 0 bridgehead atoms. The summed E-state index contributed by atoms with van der Waals surface area (Å²) in [5.74, 6) is 0.607. The third kappa shape index (κ3) is 8.16. The maximum atomic E-state index is 12.8. The van der Waals surface area contributed by atoms with Gasteiger partial charge in [0.15, 0.2) is 0 Å². The van der Waals surface area contributed by atoms with E-state index in [9.17, 15) is 13.2 Å². The summed E-state index contributed by atoms with van der Waals surface area (Å²) < 4.78 is 44.6. The first kappa shape index (κ1) is 31.0. The maximum absolute atomic E-state index is 12.8. The molecule has 5 aromatic rings. The Morgan fingerprint density at radius 2 is 1.58 bits per heavy atom. The lowest BCUT2D eigenvalue weighted by Gasteiger charge is -2.35. The quantitative estimate of drug-likeness (QED) is 0.149. The predicted octanol–water partition coefficient (Wildman–Crippen LogP) is 8.08. The number of pyridine rings is 1. The van der Waals surface area contributed by atoms with Crippen LogP contribution in [0.25, 0.3) is 22.0 Å². The molecule has 1 aliphatic rings. The number of alkyl halides is 3. The summed E-state index contributed by atoms with van der Waals surface area (Å²) in [7, 11) is 0. The lowest BCUT2D eigenvalue weighted by molar-refractivity contribution is -0.274. The van der Waals surface area contributed by atoms with Crippen molar-refractivity contribution in [1.29, 1.82) is 0 Å². The molecule has 6 rings (SSSR count). The van der Waals surface area contributed by atoms with Gasteiger partial charge < -0.3 is 14.6 Å². The average molecular weight is 634 g/mol. The van der Waals surface area contributed by atoms with Crippen LogP contribution in [0, 0.1) is 0 Å². The predicted molar refractivity (Wildman–Crippen MR) is 173 cm³/mol. The average Bonchev–Trinajstić information content (AvgIpc) is 3.39. The molecule has 0 unspecified atom stereocenters. The monoisotopic (exact) mass is 633 g/mol. The third-order valence-corrected chi connectivity index (χ3v) is 8.48. The zero-order valence-electron chi connectivity index (χ0n) is 24.8. The molecule has 1 aliphatic heterocycles. The van der Waals surface area contributed by atoms with Gasteiger partial charge >= 0.3 is 6.36 Å². The Morgan fingerprint density at radius 3 is 2.29 bits per heavy atom. The first-order valence-corrected chi connectivity index (χ1v) is 15.5. The second-order valence-corrected chi connectivity index (χ2v) is 11.7. The van der Waals surface area contributed by atoms with Crippen LogP contribution in [0.3, 0.4) is 0 Å². The summed E-state index contributed by atoms with van der Waals surface area (Å²) in [4.78, 5) is 9.22. The first-order valence-electron chi connectivity index (χ1n) is 15.1. The number of piperazine rings is 1. The number of fused-ring (bicyclic) bond motifs is 1. The van der Waals surface area contributed by atoms with Crippen LogP contribution in [0.2, 0.25) is 5.02 Å². The van der Waals surface area contributed by atoms with E-state index in [2.05, 4.69) is 59.9 Å². The van der Waals surface area contributed by atoms with Crippen LogP contribution in [-0.4, -0.2) is 58.4 Å². The molecule has 0 amide bonds. The fourth-order valence-electron chi connectivity index (χ4n) is 5.86. The van der Waals surface area contributed by atoms with Gasteiger partial charge in [-0.05, 0) is 65.6 Å². The summed E-state index contributed by atoms with van der Waals surface area (Å²) in [5.41, 5.74) is 5.26. The molecule has 6 nitrogen and oxygen atoms in total. The smallest absolute Gasteiger partial charge is 0.406 e. The molecule has 1 fully saturated rings. The van der Waals surface area contributed by atoms with Crippen LogP contribution in [0.5, 0.6) is 5.75 Å². The number of nitrogens with one attached hydrogen (secondary N) is 1. The number of halogens is 4. The molecule has 0 radical (unpaired) electrons. The molecule has 3 aromatic carbocycles. The SMILES string of the molecule is FC(F)(F)Oc1ccc(-c2cn(CCCNc3ccccn3)c3ccc(CN4CCN(Cc5ccccc5Cl)CC4)cc23)cc1. The van der Waals surface area contributed by atoms with E-state index in [0.717, 1.165) is 97.2 Å². The van der Waals surface area contributed by atoms with Crippen LogP contribution < -0.4 is 10.1 Å². The second kappa shape index (κ2) is 13.9. The summed E-state index contributed by atoms with van der Waals surface area (Å²) in [6.45, 7) is 7.06. The van der Waals surface area contributed by atoms with Gasteiger partial charge in [-0.1, -0.05) is 54.1 Å². The topological polar surface area (TPSA) is 45.6 Å². The number of aromatic nitrogens is 2. The van der Waals surface area contributed by atoms with E-state index in [1.54, 1.807) is 18.3 Å². The van der Waals surface area contributed by atoms with E-state index in [1.165, 1.54) is 17.7 Å². The van der Waals surface area contributed by atoms with Gasteiger partial charge in [0, 0.05) is 86.2 Å². The van der Waals surface area contributed by atoms with Gasteiger partial charge in [0.25, 0.3) is 0 Å². The minimum absolute atomic E-state index is 0.232. The molecule has 1 saturated heterocycles. The van der Waals surface area contributed by atoms with E-state index in [0.29, 0.717) is 0 Å². The van der Waals surface area contributed by atoms with E-state index < -0.39 is 6.36 Å². The number of nitrogens with zero attached hydrogens (tertiary/aromatic N) is 4. The van der Waals surface area contributed by atoms with Crippen molar-refractivity contribution in [2.75, 3.05) is 38.0 Å². The number of benzene rings is 3. The molecule has 3 heterocycles. The Kier molecular flexibility index (Phi) is 9.59. The molecule has 45 heavy (non-hydrogen) atoms. The van der Waals surface area contributed by atoms with Gasteiger partial charge in [-0.3, -0.25) is 9.80 Å². The highest BCUT2D eigenvalue weighted by Crippen LogP contribution is 2.34. The summed E-state index contributed by atoms with van der Waals surface area (Å²) in [6, 6.07) is 26.5. The summed E-state index contributed by atoms with van der Waals surface area (Å²) in [6.07, 6.45) is 0.00778. The highest BCUT2D eigenvalue weighted by Gasteiger charge is 2.31. The molecule has 0 spiro atoms. The lowest BCUT2D eigenvalue weighted by Crippen LogP contribution is -2.45. The molecule has 0 atom stereocenters. The standard InChI is InChI=1S/C35H35ClF3N5O/c36-32-7-2-1-6-28(32)24-43-20-18-42(19-21-43)23-26-9-14-33-30(22-26)31(27-10-12-29(13-11-27)45-35(37,38)39)25-44(33)17-5-16-41-34-8-3-4-15-40-34/h1-4,6-15,22,25H,5,16-21,23-24H2,(H,40,41). The van der Waals surface area contributed by atoms with Crippen LogP contribution in [0.4, 0.5) is 19.0 Å². The fourth-order valence-corrected chi connectivity index (χ4v) is 6.05. The van der Waals surface area contributed by atoms with Gasteiger partial charge in [-0.15, -0.1) is 13.2 Å². The van der Waals surface area contributed by atoms with E-state index in [-0.39, 0.29) is 5.75 Å². The summed E-state index contributed by atoms with van der Waals surface area (Å²) in [5, 5.41) is 5.24. The van der Waals surface area contributed by atoms with Crippen molar-refractivity contribution in [2.45, 2.75) is 32.4 Å². The Hall–Kier alpha value is -4.05. The molecule has 1 N–H and O–H groups in total. The van der Waals surface area contributed by atoms with Crippen molar-refractivity contribution in [3.63, 3.8) is 0 Å². The van der Waals surface area contributed by atoms with Crippen molar-refractivity contribution in [3.8, 4) is 16.9 Å². The minimum Gasteiger partial charge on any atom is -0.406 e. The van der Waals surface area contributed by atoms with Crippen molar-refractivity contribution in [2.24, 2.45) is 0 Å². The van der Waals surface area contributed by atoms with Gasteiger partial charge in [0.05, 0.1) is 0 Å². The Balaban J connectivity index is 1.17. The maximum Gasteiger partial charge on any atom is 0.573 e. The van der Waals surface area contributed by atoms with Crippen LogP contribution in [-0.2, 0) is 19.6 Å². The summed E-state index contributed by atoms with van der Waals surface area (Å²) >= 11 is 6.38. The van der Waals surface area contributed by atoms with Gasteiger partial charge in [0.1, 0.15) is 11.6 Å². The van der Waals surface area contributed by atoms with E-state index >= 15 is 0 Å². The molecule has 2 aromatic heterocycles. The number of hydrogen-bond donors (Lipinski definition) is 1. The third-order valence-electron chi connectivity index (χ3n) is 8.11. The first-order chi connectivity index (χ1) is 21.8. The number of aryl methyl sites for hydroxylation is 1. The number of ether oxygens (including phenoxy) is 1. The second-order valence-electron chi connectivity index (χ2n) is 11.3. The Bertz CT molecular complexity index is 1700. The van der Waals surface area contributed by atoms with Gasteiger partial charge in [-0.25, -0.2) is 4.98 Å². The minimum atomic E-state index is -4.73. The van der Waals surface area contributed by atoms with Crippen LogP contribution in [0.15, 0.2) is 97.3 Å². The molecule has 234 valence electrons. The molecule has 0 saturated carbocycles. The zero-order chi connectivity index (χ0) is 31.2. The Morgan fingerprint density at radius 1 is 0.844 bits per heavy atom. The zero-order valence-corrected chi connectivity index (χ0v) is 25.6. The number of hydrogen-bond acceptors (Lipinski definition) is 5. The molecular formula is C35H35ClF3N5O. The normalized spacial score (nSPS) is 14.6. The molecule has 10 heteroatoms. The van der Waals surface area contributed by atoms with E-state index in [1.807, 2.05) is 36.4 Å². The highest BCUT2D eigenvalue weighted by molar-refractivity contribution is 6.31. The number of anilines is 1. The molecular weight excluding hydrogens is 599 g/mol. The van der Waals surface area contributed by atoms with Crippen molar-refractivity contribution < 1.29 is 17.9 Å². The van der Waals surface area contributed by atoms with Crippen molar-refractivity contribution in [3.05, 3.63) is 113 Å². The largest absolute Gasteiger partial charge is 0.573 e. The highest BCUT2D eigenvalue weighted by atomic mass is 35.5. The van der Waals surface area contributed by atoms with Crippen molar-refractivity contribution in [1.82, 2.24) is 19.4 Å². The van der Waals surface area contributed by atoms with E-state index in [4.69, 9.17) is 11.6 Å². The molecule has 0 aliphatic carbocycles. The van der Waals surface area contributed by atoms with Crippen molar-refractivity contribution >= 4 is 28.3 Å². The van der Waals surface area contributed by atoms with Gasteiger partial charge in [0.2, 0.25) is 0 Å². The Labute approximate surface area is 266 Å². The van der Waals surface area contributed by atoms with Crippen LogP contribution in [0.1, 0.15) is 17.5 Å². The van der Waals surface area contributed by atoms with Gasteiger partial charge in [-0.2, -0.15) is 0 Å². The lowest BCUT2D eigenvalue weighted by atomic mass is 10.0.